The van der Waals surface area contributed by atoms with Gasteiger partial charge in [-0.1, -0.05) is 12.1 Å². The number of hydrogen-bond donors (Lipinski definition) is 0. The molecule has 2 aliphatic heterocycles. The molecule has 3 rings (SSSR count). The molecule has 22 heavy (non-hydrogen) atoms. The molecule has 0 N–H and O–H groups in total. The van der Waals surface area contributed by atoms with Crippen molar-refractivity contribution >= 4 is 5.78 Å². The molecule has 4 heteroatoms. The Morgan fingerprint density at radius 3 is 2.36 bits per heavy atom. The van der Waals surface area contributed by atoms with Crippen LogP contribution >= 0.6 is 0 Å². The highest BCUT2D eigenvalue weighted by molar-refractivity contribution is 5.80. The Hall–Kier alpha value is -1.26. The number of rotatable bonds is 3. The number of ketones is 1. The SMILES string of the molecule is CC(=O)C1CCC(N2CCC(c3ccc(F)cc3)CC2)CO1. The molecule has 0 aromatic heterocycles. The van der Waals surface area contributed by atoms with Crippen molar-refractivity contribution in [1.82, 2.24) is 4.90 Å². The number of benzene rings is 1. The quantitative estimate of drug-likeness (QED) is 0.859. The van der Waals surface area contributed by atoms with Gasteiger partial charge in [0.1, 0.15) is 11.9 Å². The van der Waals surface area contributed by atoms with Gasteiger partial charge in [-0.15, -0.1) is 0 Å². The minimum atomic E-state index is -0.187. The summed E-state index contributed by atoms with van der Waals surface area (Å²) in [4.78, 5) is 13.8. The van der Waals surface area contributed by atoms with Crippen LogP contribution in [0.2, 0.25) is 0 Å². The monoisotopic (exact) mass is 305 g/mol. The second kappa shape index (κ2) is 6.88. The van der Waals surface area contributed by atoms with Crippen LogP contribution < -0.4 is 0 Å². The summed E-state index contributed by atoms with van der Waals surface area (Å²) in [6, 6.07) is 7.38. The van der Waals surface area contributed by atoms with Crippen LogP contribution in [0.15, 0.2) is 24.3 Å². The molecule has 3 nitrogen and oxygen atoms in total. The molecule has 0 saturated carbocycles. The normalized spacial score (nSPS) is 27.7. The summed E-state index contributed by atoms with van der Waals surface area (Å²) in [5, 5.41) is 0. The van der Waals surface area contributed by atoms with Gasteiger partial charge in [-0.3, -0.25) is 9.69 Å². The summed E-state index contributed by atoms with van der Waals surface area (Å²) >= 11 is 0. The predicted molar refractivity (Wildman–Crippen MR) is 83.4 cm³/mol. The van der Waals surface area contributed by atoms with Gasteiger partial charge in [-0.25, -0.2) is 4.39 Å². The number of carbonyl (C=O) groups excluding carboxylic acids is 1. The van der Waals surface area contributed by atoms with E-state index in [-0.39, 0.29) is 17.7 Å². The summed E-state index contributed by atoms with van der Waals surface area (Å²) in [5.41, 5.74) is 1.25. The van der Waals surface area contributed by atoms with Crippen LogP contribution in [0.5, 0.6) is 0 Å². The average molecular weight is 305 g/mol. The van der Waals surface area contributed by atoms with Crippen molar-refractivity contribution < 1.29 is 13.9 Å². The fraction of sp³-hybridized carbons (Fsp3) is 0.611. The molecular weight excluding hydrogens is 281 g/mol. The first kappa shape index (κ1) is 15.6. The molecule has 0 bridgehead atoms. The van der Waals surface area contributed by atoms with E-state index in [0.717, 1.165) is 38.8 Å². The van der Waals surface area contributed by atoms with Crippen molar-refractivity contribution in [3.8, 4) is 0 Å². The zero-order chi connectivity index (χ0) is 15.5. The molecule has 0 aliphatic carbocycles. The van der Waals surface area contributed by atoms with Crippen molar-refractivity contribution in [3.63, 3.8) is 0 Å². The highest BCUT2D eigenvalue weighted by atomic mass is 19.1. The van der Waals surface area contributed by atoms with Gasteiger partial charge >= 0.3 is 0 Å². The van der Waals surface area contributed by atoms with Crippen LogP contribution in [0.1, 0.15) is 44.1 Å². The van der Waals surface area contributed by atoms with E-state index in [2.05, 4.69) is 4.90 Å². The van der Waals surface area contributed by atoms with Crippen LogP contribution in [-0.4, -0.2) is 42.5 Å². The van der Waals surface area contributed by atoms with E-state index in [1.54, 1.807) is 19.1 Å². The highest BCUT2D eigenvalue weighted by Gasteiger charge is 2.31. The molecule has 2 heterocycles. The van der Waals surface area contributed by atoms with E-state index >= 15 is 0 Å². The third-order valence-electron chi connectivity index (χ3n) is 5.09. The zero-order valence-electron chi connectivity index (χ0n) is 13.1. The average Bonchev–Trinajstić information content (AvgIpc) is 2.56. The van der Waals surface area contributed by atoms with E-state index in [0.29, 0.717) is 18.6 Å². The molecule has 120 valence electrons. The Morgan fingerprint density at radius 2 is 1.82 bits per heavy atom. The van der Waals surface area contributed by atoms with E-state index in [4.69, 9.17) is 4.74 Å². The lowest BCUT2D eigenvalue weighted by Gasteiger charge is -2.40. The van der Waals surface area contributed by atoms with E-state index in [1.165, 1.54) is 5.56 Å². The Labute approximate surface area is 131 Å². The molecule has 0 radical (unpaired) electrons. The van der Waals surface area contributed by atoms with Gasteiger partial charge in [0.25, 0.3) is 0 Å². The number of piperidine rings is 1. The molecular formula is C18H24FNO2. The second-order valence-electron chi connectivity index (χ2n) is 6.53. The number of carbonyl (C=O) groups is 1. The standard InChI is InChI=1S/C18H24FNO2/c1-13(21)18-7-6-17(12-22-18)20-10-8-15(9-11-20)14-2-4-16(19)5-3-14/h2-5,15,17-18H,6-12H2,1H3. The van der Waals surface area contributed by atoms with Gasteiger partial charge < -0.3 is 4.74 Å². The lowest BCUT2D eigenvalue weighted by Crippen LogP contribution is -2.47. The van der Waals surface area contributed by atoms with E-state index in [1.807, 2.05) is 12.1 Å². The molecule has 0 amide bonds. The fourth-order valence-corrected chi connectivity index (χ4v) is 3.68. The molecule has 1 aromatic rings. The number of hydrogen-bond acceptors (Lipinski definition) is 3. The molecule has 2 unspecified atom stereocenters. The Balaban J connectivity index is 1.50. The number of likely N-dealkylation sites (tertiary alicyclic amines) is 1. The van der Waals surface area contributed by atoms with Crippen LogP contribution in [-0.2, 0) is 9.53 Å². The molecule has 2 aliphatic rings. The number of Topliss-reactive ketones (excluding diaryl/α,β-unsaturated/α-hetero) is 1. The first-order chi connectivity index (χ1) is 10.6. The first-order valence-corrected chi connectivity index (χ1v) is 8.25. The van der Waals surface area contributed by atoms with Crippen LogP contribution in [0, 0.1) is 5.82 Å². The maximum atomic E-state index is 13.0. The molecule has 2 saturated heterocycles. The Kier molecular flexibility index (Phi) is 4.89. The van der Waals surface area contributed by atoms with Crippen molar-refractivity contribution in [2.45, 2.75) is 50.7 Å². The maximum absolute atomic E-state index is 13.0. The zero-order valence-corrected chi connectivity index (χ0v) is 13.1. The number of ether oxygens (including phenoxy) is 1. The Morgan fingerprint density at radius 1 is 1.14 bits per heavy atom. The Bertz CT molecular complexity index is 500. The third-order valence-corrected chi connectivity index (χ3v) is 5.09. The van der Waals surface area contributed by atoms with E-state index in [9.17, 15) is 9.18 Å². The molecule has 2 atom stereocenters. The summed E-state index contributed by atoms with van der Waals surface area (Å²) in [5.74, 6) is 0.514. The van der Waals surface area contributed by atoms with Crippen LogP contribution in [0.3, 0.4) is 0 Å². The second-order valence-corrected chi connectivity index (χ2v) is 6.53. The van der Waals surface area contributed by atoms with E-state index < -0.39 is 0 Å². The molecule has 2 fully saturated rings. The summed E-state index contributed by atoms with van der Waals surface area (Å²) < 4.78 is 18.7. The summed E-state index contributed by atoms with van der Waals surface area (Å²) in [6.45, 7) is 4.40. The summed E-state index contributed by atoms with van der Waals surface area (Å²) in [7, 11) is 0. The smallest absolute Gasteiger partial charge is 0.158 e. The van der Waals surface area contributed by atoms with Crippen LogP contribution in [0.25, 0.3) is 0 Å². The van der Waals surface area contributed by atoms with Crippen molar-refractivity contribution in [2.75, 3.05) is 19.7 Å². The van der Waals surface area contributed by atoms with Crippen LogP contribution in [0.4, 0.5) is 4.39 Å². The largest absolute Gasteiger partial charge is 0.369 e. The minimum absolute atomic E-state index is 0.147. The lowest BCUT2D eigenvalue weighted by atomic mass is 9.88. The van der Waals surface area contributed by atoms with Crippen molar-refractivity contribution in [1.29, 1.82) is 0 Å². The highest BCUT2D eigenvalue weighted by Crippen LogP contribution is 2.30. The number of nitrogens with zero attached hydrogens (tertiary/aromatic N) is 1. The maximum Gasteiger partial charge on any atom is 0.158 e. The van der Waals surface area contributed by atoms with Gasteiger partial charge in [0.05, 0.1) is 6.61 Å². The molecule has 0 spiro atoms. The van der Waals surface area contributed by atoms with Gasteiger partial charge in [0, 0.05) is 6.04 Å². The van der Waals surface area contributed by atoms with Gasteiger partial charge in [-0.2, -0.15) is 0 Å². The van der Waals surface area contributed by atoms with Gasteiger partial charge in [-0.05, 0) is 69.3 Å². The first-order valence-electron chi connectivity index (χ1n) is 8.25. The molecule has 1 aromatic carbocycles. The van der Waals surface area contributed by atoms with Crippen molar-refractivity contribution in [2.24, 2.45) is 0 Å². The lowest BCUT2D eigenvalue weighted by molar-refractivity contribution is -0.134. The minimum Gasteiger partial charge on any atom is -0.369 e. The topological polar surface area (TPSA) is 29.5 Å². The van der Waals surface area contributed by atoms with Gasteiger partial charge in [0.2, 0.25) is 0 Å². The summed E-state index contributed by atoms with van der Waals surface area (Å²) in [6.07, 6.45) is 3.92. The number of halogens is 1. The predicted octanol–water partition coefficient (Wildman–Crippen LogP) is 3.14. The third kappa shape index (κ3) is 3.55. The van der Waals surface area contributed by atoms with Gasteiger partial charge in [0.15, 0.2) is 5.78 Å². The fourth-order valence-electron chi connectivity index (χ4n) is 3.68. The van der Waals surface area contributed by atoms with Crippen molar-refractivity contribution in [3.05, 3.63) is 35.6 Å².